The van der Waals surface area contributed by atoms with E-state index in [2.05, 4.69) is 21.2 Å². The maximum atomic E-state index is 10.7. The second kappa shape index (κ2) is 5.81. The van der Waals surface area contributed by atoms with Crippen molar-refractivity contribution in [2.75, 3.05) is 5.32 Å². The highest BCUT2D eigenvalue weighted by Gasteiger charge is 2.15. The first-order valence-corrected chi connectivity index (χ1v) is 6.03. The van der Waals surface area contributed by atoms with Crippen LogP contribution in [0.4, 0.5) is 11.4 Å². The maximum absolute atomic E-state index is 10.7. The quantitative estimate of drug-likeness (QED) is 0.643. The van der Waals surface area contributed by atoms with Gasteiger partial charge < -0.3 is 10.4 Å². The Morgan fingerprint density at radius 1 is 1.61 bits per heavy atom. The SMILES string of the molecule is Cc1cc(NC(C)CC(=O)O)c(Br)cc1[N+](=O)[O-]. The van der Waals surface area contributed by atoms with Crippen LogP contribution in [0.2, 0.25) is 0 Å². The number of halogens is 1. The number of benzene rings is 1. The standard InChI is InChI=1S/C11H13BrN2O4/c1-6-3-9(13-7(2)4-11(15)16)8(12)5-10(6)14(17)18/h3,5,7,13H,4H2,1-2H3,(H,15,16). The largest absolute Gasteiger partial charge is 0.481 e. The third kappa shape index (κ3) is 3.69. The van der Waals surface area contributed by atoms with Crippen molar-refractivity contribution in [3.05, 3.63) is 32.3 Å². The molecule has 0 aliphatic rings. The van der Waals surface area contributed by atoms with Gasteiger partial charge in [-0.1, -0.05) is 0 Å². The Bertz CT molecular complexity index is 490. The fourth-order valence-electron chi connectivity index (χ4n) is 1.56. The van der Waals surface area contributed by atoms with Gasteiger partial charge in [0.15, 0.2) is 0 Å². The van der Waals surface area contributed by atoms with Crippen molar-refractivity contribution < 1.29 is 14.8 Å². The molecule has 7 heteroatoms. The van der Waals surface area contributed by atoms with Crippen LogP contribution in [0.15, 0.2) is 16.6 Å². The summed E-state index contributed by atoms with van der Waals surface area (Å²) in [4.78, 5) is 20.8. The van der Waals surface area contributed by atoms with Crippen molar-refractivity contribution >= 4 is 33.3 Å². The van der Waals surface area contributed by atoms with Gasteiger partial charge in [-0.25, -0.2) is 0 Å². The van der Waals surface area contributed by atoms with Crippen LogP contribution in [0.25, 0.3) is 0 Å². The van der Waals surface area contributed by atoms with Crippen LogP contribution >= 0.6 is 15.9 Å². The summed E-state index contributed by atoms with van der Waals surface area (Å²) in [5.41, 5.74) is 1.19. The predicted octanol–water partition coefficient (Wildman–Crippen LogP) is 2.94. The lowest BCUT2D eigenvalue weighted by Crippen LogP contribution is -2.19. The molecule has 1 unspecified atom stereocenters. The number of hydrogen-bond acceptors (Lipinski definition) is 4. The molecule has 0 saturated heterocycles. The average Bonchev–Trinajstić information content (AvgIpc) is 2.21. The zero-order valence-electron chi connectivity index (χ0n) is 9.94. The van der Waals surface area contributed by atoms with Crippen LogP contribution < -0.4 is 5.32 Å². The molecule has 0 aromatic heterocycles. The van der Waals surface area contributed by atoms with Crippen molar-refractivity contribution in [3.8, 4) is 0 Å². The van der Waals surface area contributed by atoms with Crippen LogP contribution in [0.5, 0.6) is 0 Å². The number of nitro benzene ring substituents is 1. The van der Waals surface area contributed by atoms with E-state index < -0.39 is 10.9 Å². The molecule has 0 amide bonds. The molecule has 0 heterocycles. The number of carboxylic acid groups (broad SMARTS) is 1. The Balaban J connectivity index is 2.94. The molecule has 0 bridgehead atoms. The van der Waals surface area contributed by atoms with Gasteiger partial charge in [0.05, 0.1) is 11.3 Å². The minimum atomic E-state index is -0.898. The van der Waals surface area contributed by atoms with Gasteiger partial charge in [-0.2, -0.15) is 0 Å². The molecule has 6 nitrogen and oxygen atoms in total. The molecule has 0 aliphatic heterocycles. The van der Waals surface area contributed by atoms with E-state index in [9.17, 15) is 14.9 Å². The first-order chi connectivity index (χ1) is 8.31. The minimum Gasteiger partial charge on any atom is -0.481 e. The highest BCUT2D eigenvalue weighted by Crippen LogP contribution is 2.31. The summed E-state index contributed by atoms with van der Waals surface area (Å²) in [5.74, 6) is -0.898. The summed E-state index contributed by atoms with van der Waals surface area (Å²) in [6.45, 7) is 3.37. The summed E-state index contributed by atoms with van der Waals surface area (Å²) in [5, 5.41) is 22.4. The normalized spacial score (nSPS) is 11.9. The molecule has 0 radical (unpaired) electrons. The zero-order chi connectivity index (χ0) is 13.9. The fourth-order valence-corrected chi connectivity index (χ4v) is 2.00. The van der Waals surface area contributed by atoms with E-state index in [1.165, 1.54) is 6.07 Å². The fraction of sp³-hybridized carbons (Fsp3) is 0.364. The number of nitro groups is 1. The van der Waals surface area contributed by atoms with Gasteiger partial charge in [-0.15, -0.1) is 0 Å². The van der Waals surface area contributed by atoms with E-state index in [4.69, 9.17) is 5.11 Å². The van der Waals surface area contributed by atoms with Crippen LogP contribution in [0.3, 0.4) is 0 Å². The molecule has 98 valence electrons. The number of aryl methyl sites for hydroxylation is 1. The summed E-state index contributed by atoms with van der Waals surface area (Å²) in [7, 11) is 0. The van der Waals surface area contributed by atoms with Crippen LogP contribution in [-0.4, -0.2) is 22.0 Å². The van der Waals surface area contributed by atoms with Crippen molar-refractivity contribution in [3.63, 3.8) is 0 Å². The minimum absolute atomic E-state index is 0.0253. The average molecular weight is 317 g/mol. The molecular formula is C11H13BrN2O4. The predicted molar refractivity (Wildman–Crippen MR) is 70.9 cm³/mol. The number of anilines is 1. The molecule has 0 fully saturated rings. The number of nitrogens with zero attached hydrogens (tertiary/aromatic N) is 1. The van der Waals surface area contributed by atoms with E-state index in [1.54, 1.807) is 19.9 Å². The monoisotopic (exact) mass is 316 g/mol. The molecule has 1 atom stereocenters. The molecule has 1 aromatic carbocycles. The van der Waals surface area contributed by atoms with Gasteiger partial charge in [0, 0.05) is 27.8 Å². The van der Waals surface area contributed by atoms with Gasteiger partial charge in [0.2, 0.25) is 0 Å². The van der Waals surface area contributed by atoms with Crippen molar-refractivity contribution in [2.24, 2.45) is 0 Å². The van der Waals surface area contributed by atoms with Gasteiger partial charge in [0.25, 0.3) is 5.69 Å². The molecule has 1 rings (SSSR count). The number of nitrogens with one attached hydrogen (secondary N) is 1. The molecule has 1 aromatic rings. The molecule has 0 saturated carbocycles. The highest BCUT2D eigenvalue weighted by atomic mass is 79.9. The third-order valence-electron chi connectivity index (χ3n) is 2.37. The van der Waals surface area contributed by atoms with E-state index in [0.717, 1.165) is 0 Å². The number of aliphatic carboxylic acids is 1. The lowest BCUT2D eigenvalue weighted by Gasteiger charge is -2.15. The van der Waals surface area contributed by atoms with E-state index >= 15 is 0 Å². The number of carboxylic acids is 1. The summed E-state index contributed by atoms with van der Waals surface area (Å²) in [6, 6.07) is 2.77. The summed E-state index contributed by atoms with van der Waals surface area (Å²) >= 11 is 3.23. The Hall–Kier alpha value is -1.63. The van der Waals surface area contributed by atoms with Crippen molar-refractivity contribution in [1.82, 2.24) is 0 Å². The zero-order valence-corrected chi connectivity index (χ0v) is 11.5. The second-order valence-electron chi connectivity index (χ2n) is 4.02. The smallest absolute Gasteiger partial charge is 0.305 e. The number of rotatable bonds is 5. The molecule has 2 N–H and O–H groups in total. The van der Waals surface area contributed by atoms with Crippen molar-refractivity contribution in [1.29, 1.82) is 0 Å². The van der Waals surface area contributed by atoms with Crippen LogP contribution in [0.1, 0.15) is 18.9 Å². The third-order valence-corrected chi connectivity index (χ3v) is 3.02. The van der Waals surface area contributed by atoms with E-state index in [0.29, 0.717) is 15.7 Å². The highest BCUT2D eigenvalue weighted by molar-refractivity contribution is 9.10. The topological polar surface area (TPSA) is 92.5 Å². The molecule has 0 aliphatic carbocycles. The molecule has 18 heavy (non-hydrogen) atoms. The van der Waals surface area contributed by atoms with Gasteiger partial charge in [-0.05, 0) is 35.8 Å². The first-order valence-electron chi connectivity index (χ1n) is 5.24. The Labute approximate surface area is 112 Å². The van der Waals surface area contributed by atoms with Crippen LogP contribution in [0, 0.1) is 17.0 Å². The first kappa shape index (κ1) is 14.4. The number of carbonyl (C=O) groups is 1. The second-order valence-corrected chi connectivity index (χ2v) is 4.87. The number of hydrogen-bond donors (Lipinski definition) is 2. The molecular weight excluding hydrogens is 304 g/mol. The maximum Gasteiger partial charge on any atom is 0.305 e. The summed E-state index contributed by atoms with van der Waals surface area (Å²) in [6.07, 6.45) is -0.0253. The van der Waals surface area contributed by atoms with Crippen LogP contribution in [-0.2, 0) is 4.79 Å². The van der Waals surface area contributed by atoms with Gasteiger partial charge in [0.1, 0.15) is 0 Å². The van der Waals surface area contributed by atoms with E-state index in [-0.39, 0.29) is 18.2 Å². The Morgan fingerprint density at radius 2 is 2.22 bits per heavy atom. The van der Waals surface area contributed by atoms with Crippen molar-refractivity contribution in [2.45, 2.75) is 26.3 Å². The Kier molecular flexibility index (Phi) is 4.66. The lowest BCUT2D eigenvalue weighted by atomic mass is 10.1. The molecule has 0 spiro atoms. The summed E-state index contributed by atoms with van der Waals surface area (Å²) < 4.78 is 0.539. The lowest BCUT2D eigenvalue weighted by molar-refractivity contribution is -0.385. The van der Waals surface area contributed by atoms with E-state index in [1.807, 2.05) is 0 Å². The van der Waals surface area contributed by atoms with Gasteiger partial charge >= 0.3 is 5.97 Å². The van der Waals surface area contributed by atoms with Gasteiger partial charge in [-0.3, -0.25) is 14.9 Å². The Morgan fingerprint density at radius 3 is 2.72 bits per heavy atom.